The van der Waals surface area contributed by atoms with E-state index in [4.69, 9.17) is 26.1 Å². The summed E-state index contributed by atoms with van der Waals surface area (Å²) < 4.78 is 15.0. The van der Waals surface area contributed by atoms with E-state index in [1.807, 2.05) is 49.5 Å². The summed E-state index contributed by atoms with van der Waals surface area (Å²) in [6.07, 6.45) is 10.7. The number of nitrogens with one attached hydrogen (secondary N) is 1. The van der Waals surface area contributed by atoms with E-state index in [0.29, 0.717) is 53.7 Å². The number of amides is 2. The van der Waals surface area contributed by atoms with Crippen molar-refractivity contribution in [2.24, 2.45) is 24.8 Å². The SMILES string of the molecule is CCOc1c(Cl)cc(C(C)(C)c2ccc(OCc3ccnc(N4CCC(CC(C)CCC5CCN(c6ccc7c(c6)n(C)c(=O)n7C6CCC(=O)NC6=O)CC5)CC4)n3)cc2)cc1C#N. The highest BCUT2D eigenvalue weighted by Crippen LogP contribution is 2.39. The molecule has 3 fully saturated rings. The number of benzene rings is 3. The number of nitrogens with zero attached hydrogens (tertiary/aromatic N) is 7. The highest BCUT2D eigenvalue weighted by Gasteiger charge is 2.32. The molecule has 8 rings (SSSR count). The number of anilines is 2. The minimum atomic E-state index is -0.677. The van der Waals surface area contributed by atoms with Crippen molar-refractivity contribution in [1.29, 1.82) is 5.26 Å². The molecule has 0 spiro atoms. The monoisotopic (exact) mass is 900 g/mol. The summed E-state index contributed by atoms with van der Waals surface area (Å²) in [5, 5.41) is 12.6. The van der Waals surface area contributed by atoms with Gasteiger partial charge in [-0.3, -0.25) is 24.0 Å². The number of aromatic nitrogens is 4. The van der Waals surface area contributed by atoms with Crippen molar-refractivity contribution >= 4 is 46.1 Å². The van der Waals surface area contributed by atoms with Crippen molar-refractivity contribution in [3.05, 3.63) is 105 Å². The fourth-order valence-corrected chi connectivity index (χ4v) is 10.3. The second kappa shape index (κ2) is 19.7. The van der Waals surface area contributed by atoms with Crippen LogP contribution in [0.15, 0.2) is 71.7 Å². The maximum absolute atomic E-state index is 13.3. The van der Waals surface area contributed by atoms with Crippen LogP contribution in [0.4, 0.5) is 11.6 Å². The molecule has 14 heteroatoms. The van der Waals surface area contributed by atoms with Crippen molar-refractivity contribution in [3.63, 3.8) is 0 Å². The van der Waals surface area contributed by atoms with Crippen molar-refractivity contribution in [2.75, 3.05) is 42.6 Å². The average Bonchev–Trinajstić information content (AvgIpc) is 3.56. The number of aryl methyl sites for hydroxylation is 1. The largest absolute Gasteiger partial charge is 0.491 e. The molecule has 0 bridgehead atoms. The number of nitriles is 1. The lowest BCUT2D eigenvalue weighted by Crippen LogP contribution is -2.44. The predicted molar refractivity (Wildman–Crippen MR) is 254 cm³/mol. The van der Waals surface area contributed by atoms with Crippen LogP contribution in [0.2, 0.25) is 5.02 Å². The Morgan fingerprint density at radius 2 is 1.62 bits per heavy atom. The molecule has 2 atom stereocenters. The fraction of sp³-hybridized carbons (Fsp3) is 0.490. The zero-order valence-corrected chi connectivity index (χ0v) is 39.1. The number of imide groups is 1. The summed E-state index contributed by atoms with van der Waals surface area (Å²) in [5.74, 6) is 3.34. The van der Waals surface area contributed by atoms with Crippen LogP contribution in [0.25, 0.3) is 11.0 Å². The fourth-order valence-electron chi connectivity index (χ4n) is 10.1. The van der Waals surface area contributed by atoms with E-state index in [-0.39, 0.29) is 18.0 Å². The van der Waals surface area contributed by atoms with Gasteiger partial charge in [-0.1, -0.05) is 57.3 Å². The van der Waals surface area contributed by atoms with Gasteiger partial charge in [-0.05, 0) is 123 Å². The maximum atomic E-state index is 13.3. The summed E-state index contributed by atoms with van der Waals surface area (Å²) in [7, 11) is 1.75. The van der Waals surface area contributed by atoms with E-state index in [2.05, 4.69) is 71.2 Å². The quantitative estimate of drug-likeness (QED) is 0.101. The number of imidazole rings is 1. The van der Waals surface area contributed by atoms with E-state index < -0.39 is 17.4 Å². The summed E-state index contributed by atoms with van der Waals surface area (Å²) >= 11 is 6.55. The molecule has 342 valence electrons. The molecule has 65 heavy (non-hydrogen) atoms. The maximum Gasteiger partial charge on any atom is 0.329 e. The molecule has 3 aliphatic rings. The van der Waals surface area contributed by atoms with E-state index in [1.165, 1.54) is 19.3 Å². The van der Waals surface area contributed by atoms with E-state index in [1.54, 1.807) is 16.2 Å². The molecular weight excluding hydrogens is 840 g/mol. The van der Waals surface area contributed by atoms with Gasteiger partial charge in [-0.15, -0.1) is 0 Å². The first-order valence-electron chi connectivity index (χ1n) is 23.3. The first-order chi connectivity index (χ1) is 31.3. The van der Waals surface area contributed by atoms with Gasteiger partial charge in [0.2, 0.25) is 17.8 Å². The molecule has 5 aromatic rings. The van der Waals surface area contributed by atoms with Gasteiger partial charge in [-0.2, -0.15) is 5.26 Å². The third-order valence-corrected chi connectivity index (χ3v) is 14.4. The molecule has 1 N–H and O–H groups in total. The Balaban J connectivity index is 0.765. The number of rotatable bonds is 15. The zero-order valence-electron chi connectivity index (χ0n) is 38.3. The Morgan fingerprint density at radius 1 is 0.892 bits per heavy atom. The highest BCUT2D eigenvalue weighted by molar-refractivity contribution is 6.32. The molecule has 2 unspecified atom stereocenters. The highest BCUT2D eigenvalue weighted by atomic mass is 35.5. The predicted octanol–water partition coefficient (Wildman–Crippen LogP) is 8.88. The van der Waals surface area contributed by atoms with Gasteiger partial charge in [-0.25, -0.2) is 14.8 Å². The van der Waals surface area contributed by atoms with Gasteiger partial charge in [0, 0.05) is 56.9 Å². The van der Waals surface area contributed by atoms with Gasteiger partial charge in [0.05, 0.1) is 33.9 Å². The molecule has 2 aromatic heterocycles. The number of piperidine rings is 3. The number of carbonyl (C=O) groups excluding carboxylic acids is 2. The van der Waals surface area contributed by atoms with Crippen LogP contribution in [0.3, 0.4) is 0 Å². The third kappa shape index (κ3) is 10.0. The molecule has 0 saturated carbocycles. The van der Waals surface area contributed by atoms with Crippen LogP contribution in [-0.4, -0.2) is 63.7 Å². The van der Waals surface area contributed by atoms with Crippen LogP contribution in [0, 0.1) is 29.1 Å². The Kier molecular flexibility index (Phi) is 13.8. The first kappa shape index (κ1) is 45.7. The van der Waals surface area contributed by atoms with Crippen LogP contribution in [-0.2, 0) is 28.7 Å². The summed E-state index contributed by atoms with van der Waals surface area (Å²) in [5.41, 5.74) is 5.25. The molecular formula is C51H61ClN8O5. The third-order valence-electron chi connectivity index (χ3n) is 14.1. The van der Waals surface area contributed by atoms with E-state index in [0.717, 1.165) is 97.1 Å². The van der Waals surface area contributed by atoms with Crippen molar-refractivity contribution in [2.45, 2.75) is 104 Å². The van der Waals surface area contributed by atoms with Gasteiger partial charge >= 0.3 is 5.69 Å². The van der Waals surface area contributed by atoms with Crippen LogP contribution in [0.5, 0.6) is 11.5 Å². The number of fused-ring (bicyclic) bond motifs is 1. The molecule has 3 aliphatic heterocycles. The van der Waals surface area contributed by atoms with Crippen LogP contribution < -0.4 is 30.3 Å². The Morgan fingerprint density at radius 3 is 2.32 bits per heavy atom. The van der Waals surface area contributed by atoms with Crippen molar-refractivity contribution < 1.29 is 19.1 Å². The summed E-state index contributed by atoms with van der Waals surface area (Å²) in [6.45, 7) is 13.2. The van der Waals surface area contributed by atoms with E-state index >= 15 is 0 Å². The van der Waals surface area contributed by atoms with E-state index in [9.17, 15) is 19.6 Å². The normalized spacial score (nSPS) is 18.1. The Bertz CT molecular complexity index is 2620. The number of ether oxygens (including phenoxy) is 2. The lowest BCUT2D eigenvalue weighted by atomic mass is 9.77. The van der Waals surface area contributed by atoms with Gasteiger partial charge in [0.15, 0.2) is 5.75 Å². The lowest BCUT2D eigenvalue weighted by molar-refractivity contribution is -0.135. The average molecular weight is 902 g/mol. The second-order valence-corrected chi connectivity index (χ2v) is 19.2. The molecule has 3 saturated heterocycles. The molecule has 2 amide bonds. The minimum Gasteiger partial charge on any atom is -0.491 e. The van der Waals surface area contributed by atoms with Crippen molar-refractivity contribution in [3.8, 4) is 17.6 Å². The van der Waals surface area contributed by atoms with Gasteiger partial charge in [0.1, 0.15) is 24.5 Å². The lowest BCUT2D eigenvalue weighted by Gasteiger charge is -2.35. The smallest absolute Gasteiger partial charge is 0.329 e. The molecule has 0 radical (unpaired) electrons. The first-order valence-corrected chi connectivity index (χ1v) is 23.7. The number of hydrogen-bond donors (Lipinski definition) is 1. The van der Waals surface area contributed by atoms with Gasteiger partial charge < -0.3 is 19.3 Å². The molecule has 5 heterocycles. The number of hydrogen-bond acceptors (Lipinski definition) is 10. The summed E-state index contributed by atoms with van der Waals surface area (Å²) in [4.78, 5) is 51.8. The molecule has 13 nitrogen and oxygen atoms in total. The Hall–Kier alpha value is -5.87. The standard InChI is InChI=1S/C51H61ClN8O5/c1-6-64-47-36(31-53)28-38(29-42(47)52)51(3,4)37-9-12-41(13-10-37)65-32-39-17-22-54-49(55-39)59-25-20-35(21-26-59)27-33(2)7-8-34-18-23-58(24-19-34)40-11-14-43-45(30-40)57(5)50(63)60(43)44-15-16-46(61)56-48(44)62/h9-14,17,22,28-30,33-35,44H,6-8,15-16,18-21,23-27,32H2,1-5H3,(H,56,61,62). The number of carbonyl (C=O) groups is 2. The number of halogens is 1. The van der Waals surface area contributed by atoms with Crippen LogP contribution in [0.1, 0.15) is 114 Å². The molecule has 3 aromatic carbocycles. The Labute approximate surface area is 386 Å². The van der Waals surface area contributed by atoms with Gasteiger partial charge in [0.25, 0.3) is 0 Å². The topological polar surface area (TPSA) is 148 Å². The summed E-state index contributed by atoms with van der Waals surface area (Å²) in [6, 6.07) is 21.3. The minimum absolute atomic E-state index is 0.228. The van der Waals surface area contributed by atoms with Crippen molar-refractivity contribution in [1.82, 2.24) is 24.4 Å². The second-order valence-electron chi connectivity index (χ2n) is 18.8. The zero-order chi connectivity index (χ0) is 45.8. The van der Waals surface area contributed by atoms with Crippen LogP contribution >= 0.6 is 11.6 Å². The molecule has 0 aliphatic carbocycles.